The van der Waals surface area contributed by atoms with Crippen molar-refractivity contribution >= 4 is 28.0 Å². The molecule has 158 valence electrons. The lowest BCUT2D eigenvalue weighted by molar-refractivity contribution is -0.147. The molecule has 27 heavy (non-hydrogen) atoms. The predicted molar refractivity (Wildman–Crippen MR) is 101 cm³/mol. The van der Waals surface area contributed by atoms with Gasteiger partial charge in [-0.1, -0.05) is 52.0 Å². The summed E-state index contributed by atoms with van der Waals surface area (Å²) in [6.07, 6.45) is 10.3. The van der Waals surface area contributed by atoms with Gasteiger partial charge in [-0.15, -0.1) is 0 Å². The Morgan fingerprint density at radius 1 is 1.00 bits per heavy atom. The summed E-state index contributed by atoms with van der Waals surface area (Å²) in [5.41, 5.74) is 4.95. The van der Waals surface area contributed by atoms with E-state index in [9.17, 15) is 22.8 Å². The van der Waals surface area contributed by atoms with Gasteiger partial charge in [0, 0.05) is 0 Å². The lowest BCUT2D eigenvalue weighted by Gasteiger charge is -2.22. The van der Waals surface area contributed by atoms with Gasteiger partial charge in [0.05, 0.1) is 6.42 Å². The molecule has 0 saturated carbocycles. The third kappa shape index (κ3) is 12.1. The number of carbonyl (C=O) groups excluding carboxylic acids is 1. The average molecular weight is 410 g/mol. The van der Waals surface area contributed by atoms with E-state index in [0.29, 0.717) is 0 Å². The third-order valence-electron chi connectivity index (χ3n) is 3.90. The van der Waals surface area contributed by atoms with Crippen molar-refractivity contribution in [1.29, 1.82) is 0 Å². The predicted octanol–water partition coefficient (Wildman–Crippen LogP) is 2.36. The summed E-state index contributed by atoms with van der Waals surface area (Å²) in [6, 6.07) is 0. The molecule has 9 nitrogen and oxygen atoms in total. The number of allylic oxidation sites excluding steroid dienone is 1. The Kier molecular flexibility index (Phi) is 14.3. The van der Waals surface area contributed by atoms with Crippen molar-refractivity contribution in [2.24, 2.45) is 5.73 Å². The van der Waals surface area contributed by atoms with Crippen molar-refractivity contribution in [3.63, 3.8) is 0 Å². The minimum Gasteiger partial charge on any atom is -0.481 e. The Morgan fingerprint density at radius 3 is 1.85 bits per heavy atom. The fraction of sp³-hybridized carbons (Fsp3) is 0.706. The molecule has 0 aliphatic rings. The summed E-state index contributed by atoms with van der Waals surface area (Å²) >= 11 is 0. The minimum absolute atomic E-state index is 0.342. The Morgan fingerprint density at radius 2 is 1.52 bits per heavy atom. The number of rotatable bonds is 13. The van der Waals surface area contributed by atoms with Crippen LogP contribution in [0.25, 0.3) is 0 Å². The van der Waals surface area contributed by atoms with Gasteiger partial charge in [0.1, 0.15) is 0 Å². The van der Waals surface area contributed by atoms with Gasteiger partial charge in [-0.2, -0.15) is 8.42 Å². The topological polar surface area (TPSA) is 172 Å². The van der Waals surface area contributed by atoms with E-state index in [-0.39, 0.29) is 5.91 Å². The smallest absolute Gasteiger partial charge is 0.328 e. The van der Waals surface area contributed by atoms with Crippen LogP contribution in [-0.4, -0.2) is 45.8 Å². The molecular weight excluding hydrogens is 378 g/mol. The van der Waals surface area contributed by atoms with Crippen LogP contribution in [0.1, 0.15) is 71.6 Å². The van der Waals surface area contributed by atoms with Crippen LogP contribution in [0.3, 0.4) is 0 Å². The summed E-state index contributed by atoms with van der Waals surface area (Å²) in [7, 11) is -4.95. The molecule has 10 heteroatoms. The Balaban J connectivity index is 0. The summed E-state index contributed by atoms with van der Waals surface area (Å²) in [6.45, 7) is 3.39. The van der Waals surface area contributed by atoms with Crippen LogP contribution >= 0.6 is 0 Å². The van der Waals surface area contributed by atoms with Gasteiger partial charge in [-0.05, 0) is 25.3 Å². The number of aliphatic carboxylic acids is 2. The first kappa shape index (κ1) is 27.3. The second-order valence-corrected chi connectivity index (χ2v) is 7.79. The van der Waals surface area contributed by atoms with Crippen molar-refractivity contribution in [2.45, 2.75) is 76.4 Å². The van der Waals surface area contributed by atoms with Gasteiger partial charge < -0.3 is 15.9 Å². The second-order valence-electron chi connectivity index (χ2n) is 6.06. The molecule has 0 aliphatic carbocycles. The van der Waals surface area contributed by atoms with Crippen LogP contribution in [0, 0.1) is 0 Å². The zero-order chi connectivity index (χ0) is 21.5. The summed E-state index contributed by atoms with van der Waals surface area (Å²) in [5.74, 6) is -3.82. The van der Waals surface area contributed by atoms with Crippen LogP contribution < -0.4 is 5.73 Å². The molecule has 0 radical (unpaired) electrons. The van der Waals surface area contributed by atoms with E-state index in [1.54, 1.807) is 0 Å². The van der Waals surface area contributed by atoms with Crippen molar-refractivity contribution in [1.82, 2.24) is 0 Å². The SMILES string of the molecule is CCC(CC(=O)O)(C(=O)O)S(=O)(=O)O.CCCCCCCCC=CC(N)=O. The Bertz CT molecular complexity index is 600. The second kappa shape index (κ2) is 14.2. The zero-order valence-corrected chi connectivity index (χ0v) is 16.7. The normalized spacial score (nSPS) is 13.4. The summed E-state index contributed by atoms with van der Waals surface area (Å²) in [5, 5.41) is 17.0. The van der Waals surface area contributed by atoms with Crippen LogP contribution in [0.5, 0.6) is 0 Å². The first-order chi connectivity index (χ1) is 12.4. The molecule has 1 unspecified atom stereocenters. The number of hydrogen-bond acceptors (Lipinski definition) is 5. The Labute approximate surface area is 160 Å². The molecule has 1 amide bonds. The van der Waals surface area contributed by atoms with E-state index in [1.165, 1.54) is 51.5 Å². The van der Waals surface area contributed by atoms with Crippen LogP contribution in [0.2, 0.25) is 0 Å². The number of carboxylic acids is 2. The Hall–Kier alpha value is -1.94. The number of hydrogen-bond donors (Lipinski definition) is 4. The van der Waals surface area contributed by atoms with Crippen molar-refractivity contribution < 1.29 is 37.6 Å². The van der Waals surface area contributed by atoms with Gasteiger partial charge in [0.2, 0.25) is 10.7 Å². The van der Waals surface area contributed by atoms with E-state index in [1.807, 2.05) is 6.08 Å². The molecule has 0 fully saturated rings. The molecule has 0 aromatic rings. The number of primary amides is 1. The van der Waals surface area contributed by atoms with Gasteiger partial charge in [-0.25, -0.2) is 0 Å². The number of carboxylic acid groups (broad SMARTS) is 2. The third-order valence-corrected chi connectivity index (χ3v) is 5.49. The van der Waals surface area contributed by atoms with Crippen molar-refractivity contribution in [3.8, 4) is 0 Å². The lowest BCUT2D eigenvalue weighted by Crippen LogP contribution is -2.47. The highest BCUT2D eigenvalue weighted by molar-refractivity contribution is 7.88. The fourth-order valence-electron chi connectivity index (χ4n) is 2.22. The standard InChI is InChI=1S/C11H21NO.C6H10O7S/c1-2-3-4-5-6-7-8-9-10-11(12)13;1-2-6(5(9)10,3-4(7)8)14(11,12)13/h9-10H,2-8H2,1H3,(H2,12,13);2-3H2,1H3,(H,7,8)(H,9,10)(H,11,12,13). The maximum atomic E-state index is 10.8. The van der Waals surface area contributed by atoms with Crippen LogP contribution in [-0.2, 0) is 24.5 Å². The van der Waals surface area contributed by atoms with E-state index in [0.717, 1.165) is 6.42 Å². The van der Waals surface area contributed by atoms with E-state index >= 15 is 0 Å². The molecule has 0 heterocycles. The van der Waals surface area contributed by atoms with Gasteiger partial charge in [-0.3, -0.25) is 18.9 Å². The highest BCUT2D eigenvalue weighted by Gasteiger charge is 2.50. The van der Waals surface area contributed by atoms with Gasteiger partial charge in [0.15, 0.2) is 0 Å². The van der Waals surface area contributed by atoms with E-state index < -0.39 is 39.6 Å². The number of carbonyl (C=O) groups is 3. The minimum atomic E-state index is -4.95. The van der Waals surface area contributed by atoms with Gasteiger partial charge in [0.25, 0.3) is 10.1 Å². The molecule has 0 aromatic carbocycles. The molecule has 5 N–H and O–H groups in total. The number of amides is 1. The molecule has 0 spiro atoms. The van der Waals surface area contributed by atoms with Crippen LogP contribution in [0.4, 0.5) is 0 Å². The molecule has 0 rings (SSSR count). The van der Waals surface area contributed by atoms with Gasteiger partial charge >= 0.3 is 11.9 Å². The molecule has 0 bridgehead atoms. The maximum absolute atomic E-state index is 10.8. The summed E-state index contributed by atoms with van der Waals surface area (Å²) in [4.78, 5) is 31.2. The van der Waals surface area contributed by atoms with E-state index in [2.05, 4.69) is 6.92 Å². The largest absolute Gasteiger partial charge is 0.481 e. The van der Waals surface area contributed by atoms with Crippen molar-refractivity contribution in [3.05, 3.63) is 12.2 Å². The van der Waals surface area contributed by atoms with Crippen molar-refractivity contribution in [2.75, 3.05) is 0 Å². The highest BCUT2D eigenvalue weighted by atomic mass is 32.2. The molecule has 0 saturated heterocycles. The molecular formula is C17H31NO8S. The molecule has 0 aromatic heterocycles. The average Bonchev–Trinajstić information content (AvgIpc) is 2.53. The number of nitrogens with two attached hydrogens (primary N) is 1. The molecule has 0 aliphatic heterocycles. The molecule has 1 atom stereocenters. The lowest BCUT2D eigenvalue weighted by atomic mass is 10.0. The monoisotopic (exact) mass is 409 g/mol. The van der Waals surface area contributed by atoms with Crippen LogP contribution in [0.15, 0.2) is 12.2 Å². The first-order valence-electron chi connectivity index (χ1n) is 8.82. The summed E-state index contributed by atoms with van der Waals surface area (Å²) < 4.78 is 27.6. The highest BCUT2D eigenvalue weighted by Crippen LogP contribution is 2.25. The van der Waals surface area contributed by atoms with E-state index in [4.69, 9.17) is 20.5 Å². The quantitative estimate of drug-likeness (QED) is 0.204. The maximum Gasteiger partial charge on any atom is 0.328 e. The first-order valence-corrected chi connectivity index (χ1v) is 10.3. The number of unbranched alkanes of at least 4 members (excludes halogenated alkanes) is 6. The zero-order valence-electron chi connectivity index (χ0n) is 15.9. The fourth-order valence-corrected chi connectivity index (χ4v) is 3.11.